The Hall–Kier alpha value is -1.26. The quantitative estimate of drug-likeness (QED) is 0.805. The number of nitrogens with zero attached hydrogens (tertiary/aromatic N) is 1. The monoisotopic (exact) mass is 254 g/mol. The van der Waals surface area contributed by atoms with Crippen molar-refractivity contribution in [2.24, 2.45) is 11.8 Å². The van der Waals surface area contributed by atoms with Crippen LogP contribution >= 0.6 is 0 Å². The highest BCUT2D eigenvalue weighted by molar-refractivity contribution is 5.76. The van der Waals surface area contributed by atoms with Crippen LogP contribution in [0.3, 0.4) is 0 Å². The third-order valence-corrected chi connectivity index (χ3v) is 4.27. The number of hydrogen-bond donors (Lipinski definition) is 2. The number of urea groups is 1. The van der Waals surface area contributed by atoms with Crippen LogP contribution in [0.15, 0.2) is 0 Å². The van der Waals surface area contributed by atoms with E-state index in [1.165, 1.54) is 19.3 Å². The smallest absolute Gasteiger partial charge is 0.317 e. The molecule has 0 bridgehead atoms. The van der Waals surface area contributed by atoms with Crippen LogP contribution < -0.4 is 5.32 Å². The number of nitrogens with one attached hydrogen (secondary N) is 1. The summed E-state index contributed by atoms with van der Waals surface area (Å²) in [7, 11) is 0. The molecule has 18 heavy (non-hydrogen) atoms. The third-order valence-electron chi connectivity index (χ3n) is 4.27. The Morgan fingerprint density at radius 2 is 2.06 bits per heavy atom. The molecule has 0 aromatic rings. The number of rotatable bonds is 3. The van der Waals surface area contributed by atoms with Crippen molar-refractivity contribution in [3.63, 3.8) is 0 Å². The summed E-state index contributed by atoms with van der Waals surface area (Å²) in [5.41, 5.74) is 0. The predicted octanol–water partition coefficient (Wildman–Crippen LogP) is 1.68. The minimum atomic E-state index is -0.874. The molecule has 3 atom stereocenters. The van der Waals surface area contributed by atoms with Crippen molar-refractivity contribution in [2.45, 2.75) is 45.1 Å². The van der Waals surface area contributed by atoms with Crippen LogP contribution in [-0.2, 0) is 4.79 Å². The molecule has 5 heteroatoms. The van der Waals surface area contributed by atoms with Gasteiger partial charge >= 0.3 is 12.0 Å². The molecule has 0 spiro atoms. The molecular weight excluding hydrogens is 232 g/mol. The van der Waals surface area contributed by atoms with E-state index in [1.54, 1.807) is 0 Å². The Balaban J connectivity index is 1.88. The Morgan fingerprint density at radius 3 is 2.78 bits per heavy atom. The van der Waals surface area contributed by atoms with Crippen LogP contribution in [0.25, 0.3) is 0 Å². The van der Waals surface area contributed by atoms with Crippen LogP contribution in [0, 0.1) is 11.8 Å². The molecule has 102 valence electrons. The van der Waals surface area contributed by atoms with Gasteiger partial charge < -0.3 is 15.3 Å². The first-order valence-electron chi connectivity index (χ1n) is 6.86. The van der Waals surface area contributed by atoms with Gasteiger partial charge in [0.05, 0.1) is 6.42 Å². The number of likely N-dealkylation sites (tertiary alicyclic amines) is 1. The highest BCUT2D eigenvalue weighted by atomic mass is 16.4. The van der Waals surface area contributed by atoms with Gasteiger partial charge in [-0.25, -0.2) is 4.79 Å². The molecule has 2 N–H and O–H groups in total. The number of carbonyl (C=O) groups is 2. The normalized spacial score (nSPS) is 30.9. The zero-order chi connectivity index (χ0) is 13.1. The number of carboxylic acid groups (broad SMARTS) is 1. The van der Waals surface area contributed by atoms with E-state index in [4.69, 9.17) is 5.11 Å². The van der Waals surface area contributed by atoms with E-state index < -0.39 is 5.97 Å². The highest BCUT2D eigenvalue weighted by Gasteiger charge is 2.42. The zero-order valence-corrected chi connectivity index (χ0v) is 10.9. The average Bonchev–Trinajstić information content (AvgIpc) is 2.67. The Kier molecular flexibility index (Phi) is 4.09. The van der Waals surface area contributed by atoms with Crippen LogP contribution in [0.1, 0.15) is 39.0 Å². The molecule has 1 aliphatic carbocycles. The summed E-state index contributed by atoms with van der Waals surface area (Å²) in [5, 5.41) is 11.3. The summed E-state index contributed by atoms with van der Waals surface area (Å²) in [4.78, 5) is 24.4. The molecule has 3 unspecified atom stereocenters. The van der Waals surface area contributed by atoms with Crippen molar-refractivity contribution in [1.29, 1.82) is 0 Å². The fourth-order valence-corrected chi connectivity index (χ4v) is 3.38. The van der Waals surface area contributed by atoms with Crippen molar-refractivity contribution in [3.8, 4) is 0 Å². The molecule has 2 aliphatic rings. The molecule has 1 heterocycles. The number of amides is 2. The second-order valence-corrected chi connectivity index (χ2v) is 5.52. The fraction of sp³-hybridized carbons (Fsp3) is 0.846. The molecule has 2 fully saturated rings. The van der Waals surface area contributed by atoms with E-state index in [0.29, 0.717) is 17.9 Å². The van der Waals surface area contributed by atoms with Gasteiger partial charge in [-0.1, -0.05) is 19.8 Å². The second kappa shape index (κ2) is 5.59. The predicted molar refractivity (Wildman–Crippen MR) is 67.3 cm³/mol. The summed E-state index contributed by atoms with van der Waals surface area (Å²) in [6.07, 6.45) is 4.79. The first kappa shape index (κ1) is 13.2. The molecular formula is C13H22N2O3. The standard InChI is InChI=1S/C13H22N2O3/c1-9-8-15(11-5-3-2-4-10(9)11)13(18)14-7-6-12(16)17/h9-11H,2-8H2,1H3,(H,14,18)(H,16,17). The molecule has 2 amide bonds. The van der Waals surface area contributed by atoms with Gasteiger partial charge in [0.1, 0.15) is 0 Å². The summed E-state index contributed by atoms with van der Waals surface area (Å²) in [6.45, 7) is 3.25. The van der Waals surface area contributed by atoms with Crippen molar-refractivity contribution < 1.29 is 14.7 Å². The lowest BCUT2D eigenvalue weighted by Crippen LogP contribution is -2.45. The van der Waals surface area contributed by atoms with Crippen molar-refractivity contribution in [1.82, 2.24) is 10.2 Å². The van der Waals surface area contributed by atoms with Gasteiger partial charge in [0.15, 0.2) is 0 Å². The lowest BCUT2D eigenvalue weighted by Gasteiger charge is -2.32. The van der Waals surface area contributed by atoms with Gasteiger partial charge in [0.2, 0.25) is 0 Å². The average molecular weight is 254 g/mol. The van der Waals surface area contributed by atoms with Gasteiger partial charge in [-0.05, 0) is 24.7 Å². The number of carboxylic acids is 1. The van der Waals surface area contributed by atoms with Crippen LogP contribution in [0.2, 0.25) is 0 Å². The Labute approximate surface area is 108 Å². The zero-order valence-electron chi connectivity index (χ0n) is 10.9. The van der Waals surface area contributed by atoms with E-state index in [1.807, 2.05) is 4.90 Å². The first-order chi connectivity index (χ1) is 8.59. The van der Waals surface area contributed by atoms with Crippen molar-refractivity contribution in [2.75, 3.05) is 13.1 Å². The molecule has 0 aromatic heterocycles. The van der Waals surface area contributed by atoms with Crippen LogP contribution in [-0.4, -0.2) is 41.1 Å². The fourth-order valence-electron chi connectivity index (χ4n) is 3.38. The Morgan fingerprint density at radius 1 is 1.33 bits per heavy atom. The largest absolute Gasteiger partial charge is 0.481 e. The lowest BCUT2D eigenvalue weighted by molar-refractivity contribution is -0.136. The highest BCUT2D eigenvalue weighted by Crippen LogP contribution is 2.39. The lowest BCUT2D eigenvalue weighted by atomic mass is 9.80. The van der Waals surface area contributed by atoms with Gasteiger partial charge in [0, 0.05) is 19.1 Å². The van der Waals surface area contributed by atoms with E-state index in [2.05, 4.69) is 12.2 Å². The maximum atomic E-state index is 12.0. The van der Waals surface area contributed by atoms with Gasteiger partial charge in [-0.15, -0.1) is 0 Å². The van der Waals surface area contributed by atoms with Crippen LogP contribution in [0.4, 0.5) is 4.79 Å². The Bertz CT molecular complexity index is 332. The molecule has 1 saturated heterocycles. The van der Waals surface area contributed by atoms with E-state index in [9.17, 15) is 9.59 Å². The van der Waals surface area contributed by atoms with Gasteiger partial charge in [-0.2, -0.15) is 0 Å². The number of hydrogen-bond acceptors (Lipinski definition) is 2. The summed E-state index contributed by atoms with van der Waals surface area (Å²) < 4.78 is 0. The minimum absolute atomic E-state index is 0.0107. The number of carbonyl (C=O) groups excluding carboxylic acids is 1. The summed E-state index contributed by atoms with van der Waals surface area (Å²) in [5.74, 6) is 0.338. The minimum Gasteiger partial charge on any atom is -0.481 e. The molecule has 0 radical (unpaired) electrons. The number of aliphatic carboxylic acids is 1. The molecule has 1 saturated carbocycles. The topological polar surface area (TPSA) is 69.6 Å². The SMILES string of the molecule is CC1CN(C(=O)NCCC(=O)O)C2CCCCC12. The number of fused-ring (bicyclic) bond motifs is 1. The molecule has 5 nitrogen and oxygen atoms in total. The van der Waals surface area contributed by atoms with Crippen molar-refractivity contribution in [3.05, 3.63) is 0 Å². The maximum absolute atomic E-state index is 12.0. The van der Waals surface area contributed by atoms with E-state index in [-0.39, 0.29) is 19.0 Å². The second-order valence-electron chi connectivity index (χ2n) is 5.52. The van der Waals surface area contributed by atoms with Crippen molar-refractivity contribution >= 4 is 12.0 Å². The van der Waals surface area contributed by atoms with Crippen LogP contribution in [0.5, 0.6) is 0 Å². The molecule has 0 aromatic carbocycles. The van der Waals surface area contributed by atoms with Gasteiger partial charge in [0.25, 0.3) is 0 Å². The molecule has 1 aliphatic heterocycles. The van der Waals surface area contributed by atoms with E-state index in [0.717, 1.165) is 13.0 Å². The first-order valence-corrected chi connectivity index (χ1v) is 6.86. The maximum Gasteiger partial charge on any atom is 0.317 e. The van der Waals surface area contributed by atoms with Gasteiger partial charge in [-0.3, -0.25) is 4.79 Å². The summed E-state index contributed by atoms with van der Waals surface area (Å²) >= 11 is 0. The van der Waals surface area contributed by atoms with E-state index >= 15 is 0 Å². The molecule has 2 rings (SSSR count). The summed E-state index contributed by atoms with van der Waals surface area (Å²) in [6, 6.07) is 0.288. The third kappa shape index (κ3) is 2.76.